The maximum Gasteiger partial charge on any atom is 0.404 e. The van der Waals surface area contributed by atoms with E-state index in [1.54, 1.807) is 0 Å². The minimum Gasteiger partial charge on any atom is -0.465 e. The molecule has 0 bridgehead atoms. The number of aliphatic hydroxyl groups excluding tert-OH is 1. The smallest absolute Gasteiger partial charge is 0.404 e. The van der Waals surface area contributed by atoms with E-state index in [1.807, 2.05) is 37.3 Å². The lowest BCUT2D eigenvalue weighted by Gasteiger charge is -2.33. The molecule has 5 heteroatoms. The summed E-state index contributed by atoms with van der Waals surface area (Å²) in [6, 6.07) is 9.88. The first-order valence-corrected chi connectivity index (χ1v) is 6.43. The molecule has 0 saturated carbocycles. The molecular weight excluding hydrogens is 244 g/mol. The van der Waals surface area contributed by atoms with Crippen LogP contribution in [-0.2, 0) is 6.54 Å². The molecule has 1 aliphatic rings. The number of nitrogens with zero attached hydrogens (tertiary/aromatic N) is 1. The topological polar surface area (TPSA) is 72.8 Å². The second kappa shape index (κ2) is 5.59. The zero-order valence-electron chi connectivity index (χ0n) is 11.0. The second-order valence-corrected chi connectivity index (χ2v) is 5.37. The van der Waals surface area contributed by atoms with Gasteiger partial charge in [0.05, 0.1) is 6.61 Å². The summed E-state index contributed by atoms with van der Waals surface area (Å²) >= 11 is 0. The number of hydrogen-bond acceptors (Lipinski definition) is 3. The highest BCUT2D eigenvalue weighted by Gasteiger charge is 2.41. The van der Waals surface area contributed by atoms with Crippen molar-refractivity contribution in [3.63, 3.8) is 0 Å². The Morgan fingerprint density at radius 3 is 2.74 bits per heavy atom. The van der Waals surface area contributed by atoms with Gasteiger partial charge in [-0.1, -0.05) is 30.3 Å². The van der Waals surface area contributed by atoms with E-state index >= 15 is 0 Å². The predicted molar refractivity (Wildman–Crippen MR) is 71.9 cm³/mol. The highest BCUT2D eigenvalue weighted by atomic mass is 16.4. The molecule has 0 aromatic heterocycles. The van der Waals surface area contributed by atoms with E-state index in [9.17, 15) is 9.90 Å². The minimum absolute atomic E-state index is 0.0254. The van der Waals surface area contributed by atoms with Crippen LogP contribution in [0.2, 0.25) is 0 Å². The van der Waals surface area contributed by atoms with Gasteiger partial charge in [-0.15, -0.1) is 0 Å². The zero-order chi connectivity index (χ0) is 13.9. The molecule has 1 fully saturated rings. The van der Waals surface area contributed by atoms with Crippen LogP contribution < -0.4 is 5.32 Å². The van der Waals surface area contributed by atoms with Crippen molar-refractivity contribution in [3.05, 3.63) is 35.9 Å². The van der Waals surface area contributed by atoms with Crippen molar-refractivity contribution in [2.24, 2.45) is 0 Å². The number of rotatable bonds is 4. The Labute approximate surface area is 112 Å². The van der Waals surface area contributed by atoms with Gasteiger partial charge >= 0.3 is 6.09 Å². The Balaban J connectivity index is 2.07. The molecule has 0 radical (unpaired) electrons. The number of likely N-dealkylation sites (tertiary alicyclic amines) is 1. The number of carboxylic acid groups (broad SMARTS) is 1. The summed E-state index contributed by atoms with van der Waals surface area (Å²) in [6.07, 6.45) is -0.380. The number of amides is 1. The van der Waals surface area contributed by atoms with Crippen molar-refractivity contribution in [2.75, 3.05) is 13.2 Å². The zero-order valence-corrected chi connectivity index (χ0v) is 11.0. The summed E-state index contributed by atoms with van der Waals surface area (Å²) in [5, 5.41) is 20.9. The lowest BCUT2D eigenvalue weighted by atomic mass is 9.98. The van der Waals surface area contributed by atoms with Gasteiger partial charge in [0.15, 0.2) is 0 Å². The minimum atomic E-state index is -1.01. The first kappa shape index (κ1) is 13.8. The summed E-state index contributed by atoms with van der Waals surface area (Å²) in [5.41, 5.74) is 0.793. The van der Waals surface area contributed by atoms with Gasteiger partial charge in [0.1, 0.15) is 0 Å². The SMILES string of the molecule is CC1(CO)C[C@H](NC(=O)O)CN1Cc1ccccc1. The number of hydrogen-bond donors (Lipinski definition) is 3. The largest absolute Gasteiger partial charge is 0.465 e. The maximum absolute atomic E-state index is 10.7. The predicted octanol–water partition coefficient (Wildman–Crippen LogP) is 1.28. The van der Waals surface area contributed by atoms with Gasteiger partial charge in [0.25, 0.3) is 0 Å². The Morgan fingerprint density at radius 1 is 1.47 bits per heavy atom. The van der Waals surface area contributed by atoms with Gasteiger partial charge < -0.3 is 15.5 Å². The molecule has 1 aliphatic heterocycles. The molecule has 1 amide bonds. The lowest BCUT2D eigenvalue weighted by molar-refractivity contribution is 0.0734. The standard InChI is InChI=1S/C14H20N2O3/c1-14(10-17)7-12(15-13(18)19)9-16(14)8-11-5-3-2-4-6-11/h2-6,12,15,17H,7-10H2,1H3,(H,18,19)/t12-,14?/m0/s1. The molecule has 1 heterocycles. The van der Waals surface area contributed by atoms with Crippen LogP contribution in [0.15, 0.2) is 30.3 Å². The summed E-state index contributed by atoms with van der Waals surface area (Å²) in [6.45, 7) is 3.34. The van der Waals surface area contributed by atoms with Gasteiger partial charge in [0, 0.05) is 24.7 Å². The van der Waals surface area contributed by atoms with E-state index in [0.717, 1.165) is 12.1 Å². The quantitative estimate of drug-likeness (QED) is 0.766. The van der Waals surface area contributed by atoms with Crippen LogP contribution in [0.1, 0.15) is 18.9 Å². The Kier molecular flexibility index (Phi) is 4.07. The van der Waals surface area contributed by atoms with Gasteiger partial charge in [-0.3, -0.25) is 4.90 Å². The molecule has 2 atom stereocenters. The van der Waals surface area contributed by atoms with Crippen molar-refractivity contribution in [3.8, 4) is 0 Å². The van der Waals surface area contributed by atoms with Gasteiger partial charge in [-0.05, 0) is 18.9 Å². The van der Waals surface area contributed by atoms with Crippen LogP contribution in [0.25, 0.3) is 0 Å². The highest BCUT2D eigenvalue weighted by Crippen LogP contribution is 2.30. The molecule has 0 spiro atoms. The molecule has 5 nitrogen and oxygen atoms in total. The van der Waals surface area contributed by atoms with Crippen LogP contribution >= 0.6 is 0 Å². The Bertz CT molecular complexity index is 438. The van der Waals surface area contributed by atoms with E-state index in [1.165, 1.54) is 0 Å². The van der Waals surface area contributed by atoms with Crippen molar-refractivity contribution in [2.45, 2.75) is 31.5 Å². The Hall–Kier alpha value is -1.59. The molecule has 1 aromatic carbocycles. The number of carbonyl (C=O) groups is 1. The molecular formula is C14H20N2O3. The fourth-order valence-corrected chi connectivity index (χ4v) is 2.71. The summed E-state index contributed by atoms with van der Waals surface area (Å²) in [5.74, 6) is 0. The molecule has 1 unspecified atom stereocenters. The molecule has 1 saturated heterocycles. The third-order valence-electron chi connectivity index (χ3n) is 3.77. The Morgan fingerprint density at radius 2 is 2.16 bits per heavy atom. The number of nitrogens with one attached hydrogen (secondary N) is 1. The van der Waals surface area contributed by atoms with Crippen molar-refractivity contribution in [1.82, 2.24) is 10.2 Å². The monoisotopic (exact) mass is 264 g/mol. The third-order valence-corrected chi connectivity index (χ3v) is 3.77. The van der Waals surface area contributed by atoms with Crippen LogP contribution in [0.5, 0.6) is 0 Å². The summed E-state index contributed by atoms with van der Waals surface area (Å²) in [4.78, 5) is 12.9. The van der Waals surface area contributed by atoms with Crippen LogP contribution in [0, 0.1) is 0 Å². The van der Waals surface area contributed by atoms with Crippen LogP contribution in [0.3, 0.4) is 0 Å². The number of aliphatic hydroxyl groups is 1. The van der Waals surface area contributed by atoms with E-state index in [4.69, 9.17) is 5.11 Å². The van der Waals surface area contributed by atoms with Crippen LogP contribution in [0.4, 0.5) is 4.79 Å². The lowest BCUT2D eigenvalue weighted by Crippen LogP contribution is -2.43. The highest BCUT2D eigenvalue weighted by molar-refractivity contribution is 5.65. The fourth-order valence-electron chi connectivity index (χ4n) is 2.71. The molecule has 19 heavy (non-hydrogen) atoms. The van der Waals surface area contributed by atoms with Crippen molar-refractivity contribution in [1.29, 1.82) is 0 Å². The molecule has 1 aromatic rings. The van der Waals surface area contributed by atoms with Crippen molar-refractivity contribution < 1.29 is 15.0 Å². The van der Waals surface area contributed by atoms with E-state index in [2.05, 4.69) is 10.2 Å². The molecule has 0 aliphatic carbocycles. The van der Waals surface area contributed by atoms with E-state index < -0.39 is 6.09 Å². The molecule has 104 valence electrons. The second-order valence-electron chi connectivity index (χ2n) is 5.37. The van der Waals surface area contributed by atoms with Crippen LogP contribution in [-0.4, -0.2) is 45.9 Å². The number of benzene rings is 1. The fraction of sp³-hybridized carbons (Fsp3) is 0.500. The average molecular weight is 264 g/mol. The summed E-state index contributed by atoms with van der Waals surface area (Å²) in [7, 11) is 0. The summed E-state index contributed by atoms with van der Waals surface area (Å²) < 4.78 is 0. The molecule has 2 rings (SSSR count). The average Bonchev–Trinajstić information content (AvgIpc) is 2.67. The normalized spacial score (nSPS) is 27.4. The first-order chi connectivity index (χ1) is 9.03. The van der Waals surface area contributed by atoms with E-state index in [0.29, 0.717) is 13.0 Å². The maximum atomic E-state index is 10.7. The first-order valence-electron chi connectivity index (χ1n) is 6.43. The van der Waals surface area contributed by atoms with Gasteiger partial charge in [-0.25, -0.2) is 4.79 Å². The third kappa shape index (κ3) is 3.24. The van der Waals surface area contributed by atoms with Gasteiger partial charge in [0.2, 0.25) is 0 Å². The van der Waals surface area contributed by atoms with Crippen molar-refractivity contribution >= 4 is 6.09 Å². The van der Waals surface area contributed by atoms with Gasteiger partial charge in [-0.2, -0.15) is 0 Å². The molecule has 3 N–H and O–H groups in total. The van der Waals surface area contributed by atoms with E-state index in [-0.39, 0.29) is 18.2 Å².